The second-order valence-electron chi connectivity index (χ2n) is 4.22. The Morgan fingerprint density at radius 3 is 2.95 bits per heavy atom. The summed E-state index contributed by atoms with van der Waals surface area (Å²) in [5, 5.41) is 5.49. The van der Waals surface area contributed by atoms with Gasteiger partial charge in [-0.15, -0.1) is 0 Å². The molecule has 1 aromatic heterocycles. The number of aromatic nitrogens is 2. The number of benzene rings is 2. The third kappa shape index (κ3) is 2.47. The van der Waals surface area contributed by atoms with Crippen LogP contribution in [0.5, 0.6) is 0 Å². The van der Waals surface area contributed by atoms with Gasteiger partial charge in [-0.25, -0.2) is 4.39 Å². The highest BCUT2D eigenvalue weighted by Gasteiger charge is 2.09. The molecule has 2 aromatic carbocycles. The van der Waals surface area contributed by atoms with Gasteiger partial charge in [0.15, 0.2) is 0 Å². The van der Waals surface area contributed by atoms with Crippen LogP contribution in [0.1, 0.15) is 5.56 Å². The molecule has 3 rings (SSSR count). The molecule has 0 saturated heterocycles. The van der Waals surface area contributed by atoms with Crippen molar-refractivity contribution in [3.63, 3.8) is 0 Å². The molecule has 0 amide bonds. The SMILES string of the molecule is Fc1c(Cl)cccc1Cn1ncc2ccc(I)cc21. The highest BCUT2D eigenvalue weighted by molar-refractivity contribution is 14.1. The van der Waals surface area contributed by atoms with Crippen molar-refractivity contribution in [3.8, 4) is 0 Å². The molecule has 0 fully saturated rings. The summed E-state index contributed by atoms with van der Waals surface area (Å²) in [6.07, 6.45) is 1.79. The van der Waals surface area contributed by atoms with E-state index in [-0.39, 0.29) is 10.8 Å². The molecule has 0 unspecified atom stereocenters. The van der Waals surface area contributed by atoms with Gasteiger partial charge in [-0.05, 0) is 40.8 Å². The van der Waals surface area contributed by atoms with Crippen molar-refractivity contribution in [2.24, 2.45) is 0 Å². The van der Waals surface area contributed by atoms with E-state index in [1.54, 1.807) is 29.1 Å². The average molecular weight is 387 g/mol. The molecule has 5 heteroatoms. The summed E-state index contributed by atoms with van der Waals surface area (Å²) in [6, 6.07) is 11.1. The van der Waals surface area contributed by atoms with E-state index < -0.39 is 0 Å². The minimum atomic E-state index is -0.376. The summed E-state index contributed by atoms with van der Waals surface area (Å²) in [5.74, 6) is -0.376. The normalized spacial score (nSPS) is 11.1. The van der Waals surface area contributed by atoms with Crippen molar-refractivity contribution in [1.29, 1.82) is 0 Å². The number of nitrogens with zero attached hydrogens (tertiary/aromatic N) is 2. The second-order valence-corrected chi connectivity index (χ2v) is 5.87. The van der Waals surface area contributed by atoms with Gasteiger partial charge >= 0.3 is 0 Å². The molecule has 0 aliphatic heterocycles. The predicted molar refractivity (Wildman–Crippen MR) is 83.0 cm³/mol. The first-order valence-corrected chi connectivity index (χ1v) is 7.15. The molecular formula is C14H9ClFIN2. The van der Waals surface area contributed by atoms with Gasteiger partial charge < -0.3 is 0 Å². The fraction of sp³-hybridized carbons (Fsp3) is 0.0714. The molecule has 0 aliphatic rings. The zero-order chi connectivity index (χ0) is 13.4. The minimum absolute atomic E-state index is 0.142. The second kappa shape index (κ2) is 5.09. The molecule has 0 spiro atoms. The Hall–Kier alpha value is -1.14. The van der Waals surface area contributed by atoms with Gasteiger partial charge in [0.05, 0.1) is 23.3 Å². The van der Waals surface area contributed by atoms with Crippen LogP contribution in [-0.4, -0.2) is 9.78 Å². The van der Waals surface area contributed by atoms with Gasteiger partial charge in [-0.3, -0.25) is 4.68 Å². The molecule has 0 atom stereocenters. The van der Waals surface area contributed by atoms with Gasteiger partial charge in [-0.2, -0.15) is 5.10 Å². The van der Waals surface area contributed by atoms with Crippen molar-refractivity contribution < 1.29 is 4.39 Å². The van der Waals surface area contributed by atoms with E-state index >= 15 is 0 Å². The smallest absolute Gasteiger partial charge is 0.146 e. The lowest BCUT2D eigenvalue weighted by atomic mass is 10.2. The number of halogens is 3. The van der Waals surface area contributed by atoms with Crippen molar-refractivity contribution in [1.82, 2.24) is 9.78 Å². The Labute approximate surface area is 128 Å². The lowest BCUT2D eigenvalue weighted by Gasteiger charge is -2.06. The van der Waals surface area contributed by atoms with E-state index in [0.29, 0.717) is 12.1 Å². The van der Waals surface area contributed by atoms with E-state index in [0.717, 1.165) is 14.5 Å². The maximum atomic E-state index is 13.9. The van der Waals surface area contributed by atoms with E-state index in [4.69, 9.17) is 11.6 Å². The Balaban J connectivity index is 2.06. The molecule has 1 heterocycles. The fourth-order valence-electron chi connectivity index (χ4n) is 2.00. The molecule has 0 saturated carbocycles. The van der Waals surface area contributed by atoms with Crippen molar-refractivity contribution in [3.05, 3.63) is 62.6 Å². The Kier molecular flexibility index (Phi) is 3.45. The zero-order valence-corrected chi connectivity index (χ0v) is 12.7. The molecular weight excluding hydrogens is 378 g/mol. The van der Waals surface area contributed by atoms with Gasteiger partial charge in [0.2, 0.25) is 0 Å². The molecule has 96 valence electrons. The Morgan fingerprint density at radius 1 is 1.26 bits per heavy atom. The van der Waals surface area contributed by atoms with Crippen LogP contribution in [-0.2, 0) is 6.54 Å². The largest absolute Gasteiger partial charge is 0.260 e. The lowest BCUT2D eigenvalue weighted by Crippen LogP contribution is -2.03. The van der Waals surface area contributed by atoms with Crippen molar-refractivity contribution in [2.75, 3.05) is 0 Å². The number of fused-ring (bicyclic) bond motifs is 1. The van der Waals surface area contributed by atoms with Crippen LogP contribution in [0.25, 0.3) is 10.9 Å². The van der Waals surface area contributed by atoms with Crippen LogP contribution in [0.4, 0.5) is 4.39 Å². The highest BCUT2D eigenvalue weighted by Crippen LogP contribution is 2.21. The molecule has 2 nitrogen and oxygen atoms in total. The Morgan fingerprint density at radius 2 is 2.11 bits per heavy atom. The number of rotatable bonds is 2. The van der Waals surface area contributed by atoms with Crippen LogP contribution in [0.2, 0.25) is 5.02 Å². The third-order valence-electron chi connectivity index (χ3n) is 2.96. The quantitative estimate of drug-likeness (QED) is 0.594. The van der Waals surface area contributed by atoms with E-state index in [2.05, 4.69) is 27.7 Å². The van der Waals surface area contributed by atoms with Crippen LogP contribution in [0.3, 0.4) is 0 Å². The summed E-state index contributed by atoms with van der Waals surface area (Å²) in [6.45, 7) is 0.371. The monoisotopic (exact) mass is 386 g/mol. The first-order valence-electron chi connectivity index (χ1n) is 5.69. The van der Waals surface area contributed by atoms with Gasteiger partial charge in [0.25, 0.3) is 0 Å². The lowest BCUT2D eigenvalue weighted by molar-refractivity contribution is 0.591. The summed E-state index contributed by atoms with van der Waals surface area (Å²) < 4.78 is 16.8. The minimum Gasteiger partial charge on any atom is -0.260 e. The molecule has 19 heavy (non-hydrogen) atoms. The molecule has 3 aromatic rings. The number of hydrogen-bond donors (Lipinski definition) is 0. The molecule has 0 radical (unpaired) electrons. The predicted octanol–water partition coefficient (Wildman–Crippen LogP) is 4.48. The number of hydrogen-bond acceptors (Lipinski definition) is 1. The first-order chi connectivity index (χ1) is 9.15. The zero-order valence-electron chi connectivity index (χ0n) is 9.78. The third-order valence-corrected chi connectivity index (χ3v) is 3.92. The van der Waals surface area contributed by atoms with E-state index in [1.807, 2.05) is 18.2 Å². The molecule has 0 bridgehead atoms. The Bertz CT molecular complexity index is 754. The van der Waals surface area contributed by atoms with Crippen LogP contribution in [0, 0.1) is 9.39 Å². The van der Waals surface area contributed by atoms with Crippen molar-refractivity contribution >= 4 is 45.1 Å². The van der Waals surface area contributed by atoms with Crippen LogP contribution < -0.4 is 0 Å². The summed E-state index contributed by atoms with van der Waals surface area (Å²) in [7, 11) is 0. The fourth-order valence-corrected chi connectivity index (χ4v) is 2.67. The van der Waals surface area contributed by atoms with Gasteiger partial charge in [-0.1, -0.05) is 29.8 Å². The van der Waals surface area contributed by atoms with E-state index in [1.165, 1.54) is 0 Å². The average Bonchev–Trinajstić information content (AvgIpc) is 2.78. The topological polar surface area (TPSA) is 17.8 Å². The van der Waals surface area contributed by atoms with Crippen LogP contribution in [0.15, 0.2) is 42.6 Å². The standard InChI is InChI=1S/C14H9ClFIN2/c15-12-3-1-2-10(14(12)16)8-19-13-6-11(17)5-4-9(13)7-18-19/h1-7H,8H2. The molecule has 0 N–H and O–H groups in total. The summed E-state index contributed by atoms with van der Waals surface area (Å²) in [5.41, 5.74) is 1.53. The van der Waals surface area contributed by atoms with Crippen LogP contribution >= 0.6 is 34.2 Å². The maximum Gasteiger partial charge on any atom is 0.146 e. The van der Waals surface area contributed by atoms with Gasteiger partial charge in [0.1, 0.15) is 5.82 Å². The maximum absolute atomic E-state index is 13.9. The first kappa shape index (κ1) is 12.9. The highest BCUT2D eigenvalue weighted by atomic mass is 127. The van der Waals surface area contributed by atoms with Gasteiger partial charge in [0, 0.05) is 14.5 Å². The summed E-state index contributed by atoms with van der Waals surface area (Å²) >= 11 is 8.04. The molecule has 0 aliphatic carbocycles. The van der Waals surface area contributed by atoms with E-state index in [9.17, 15) is 4.39 Å². The summed E-state index contributed by atoms with van der Waals surface area (Å²) in [4.78, 5) is 0. The van der Waals surface area contributed by atoms with Crippen molar-refractivity contribution in [2.45, 2.75) is 6.54 Å².